The second kappa shape index (κ2) is 4.61. The van der Waals surface area contributed by atoms with E-state index < -0.39 is 0 Å². The molecule has 0 aromatic heterocycles. The largest absolute Gasteiger partial charge is 0.398 e. The summed E-state index contributed by atoms with van der Waals surface area (Å²) in [4.78, 5) is 11.5. The van der Waals surface area contributed by atoms with E-state index in [1.54, 1.807) is 18.2 Å². The fourth-order valence-electron chi connectivity index (χ4n) is 1.90. The number of Topliss-reactive ketones (excluding diaryl/α,β-unsaturated/α-hetero) is 1. The Labute approximate surface area is 105 Å². The van der Waals surface area contributed by atoms with Crippen LogP contribution in [0.3, 0.4) is 0 Å². The summed E-state index contributed by atoms with van der Waals surface area (Å²) < 4.78 is 12.9. The molecule has 0 atom stereocenters. The first kappa shape index (κ1) is 12.3. The van der Waals surface area contributed by atoms with Crippen molar-refractivity contribution in [1.82, 2.24) is 0 Å². The van der Waals surface area contributed by atoms with E-state index in [2.05, 4.69) is 0 Å². The SMILES string of the molecule is CC(=O)c1cc(-c2ccc(F)cc2)cc(C)c1N. The first-order chi connectivity index (χ1) is 8.49. The summed E-state index contributed by atoms with van der Waals surface area (Å²) in [5.74, 6) is -0.350. The summed E-state index contributed by atoms with van der Waals surface area (Å²) >= 11 is 0. The van der Waals surface area contributed by atoms with Crippen molar-refractivity contribution in [3.63, 3.8) is 0 Å². The first-order valence-corrected chi connectivity index (χ1v) is 5.66. The lowest BCUT2D eigenvalue weighted by Crippen LogP contribution is -2.02. The minimum Gasteiger partial charge on any atom is -0.398 e. The maximum Gasteiger partial charge on any atom is 0.161 e. The van der Waals surface area contributed by atoms with Crippen LogP contribution in [0.15, 0.2) is 36.4 Å². The summed E-state index contributed by atoms with van der Waals surface area (Å²) in [6.45, 7) is 3.34. The molecule has 92 valence electrons. The molecule has 0 aliphatic heterocycles. The van der Waals surface area contributed by atoms with E-state index in [1.807, 2.05) is 13.0 Å². The monoisotopic (exact) mass is 243 g/mol. The molecule has 2 aromatic carbocycles. The molecule has 0 saturated carbocycles. The first-order valence-electron chi connectivity index (χ1n) is 5.66. The molecule has 2 aromatic rings. The summed E-state index contributed by atoms with van der Waals surface area (Å²) in [6, 6.07) is 9.81. The molecule has 2 rings (SSSR count). The van der Waals surface area contributed by atoms with Crippen LogP contribution in [-0.4, -0.2) is 5.78 Å². The van der Waals surface area contributed by atoms with Crippen LogP contribution in [0.4, 0.5) is 10.1 Å². The highest BCUT2D eigenvalue weighted by Gasteiger charge is 2.10. The number of hydrogen-bond acceptors (Lipinski definition) is 2. The van der Waals surface area contributed by atoms with Gasteiger partial charge in [0, 0.05) is 11.3 Å². The van der Waals surface area contributed by atoms with E-state index >= 15 is 0 Å². The quantitative estimate of drug-likeness (QED) is 0.647. The number of benzene rings is 2. The van der Waals surface area contributed by atoms with E-state index in [-0.39, 0.29) is 11.6 Å². The molecule has 0 radical (unpaired) electrons. The molecule has 0 fully saturated rings. The molecule has 0 saturated heterocycles. The lowest BCUT2D eigenvalue weighted by molar-refractivity contribution is 0.101. The van der Waals surface area contributed by atoms with Crippen LogP contribution in [0.5, 0.6) is 0 Å². The van der Waals surface area contributed by atoms with Crippen LogP contribution in [-0.2, 0) is 0 Å². The second-order valence-electron chi connectivity index (χ2n) is 4.32. The molecule has 18 heavy (non-hydrogen) atoms. The molecule has 0 heterocycles. The summed E-state index contributed by atoms with van der Waals surface area (Å²) in [6.07, 6.45) is 0. The highest BCUT2D eigenvalue weighted by atomic mass is 19.1. The van der Waals surface area contributed by atoms with Crippen molar-refractivity contribution >= 4 is 11.5 Å². The molecule has 0 unspecified atom stereocenters. The van der Waals surface area contributed by atoms with Crippen molar-refractivity contribution in [2.45, 2.75) is 13.8 Å². The van der Waals surface area contributed by atoms with Gasteiger partial charge in [-0.25, -0.2) is 4.39 Å². The number of halogens is 1. The molecule has 0 bridgehead atoms. The fourth-order valence-corrected chi connectivity index (χ4v) is 1.90. The third-order valence-electron chi connectivity index (χ3n) is 2.94. The zero-order chi connectivity index (χ0) is 13.3. The Hall–Kier alpha value is -2.16. The highest BCUT2D eigenvalue weighted by Crippen LogP contribution is 2.27. The Morgan fingerprint density at radius 2 is 1.72 bits per heavy atom. The van der Waals surface area contributed by atoms with E-state index in [4.69, 9.17) is 5.73 Å². The van der Waals surface area contributed by atoms with Gasteiger partial charge in [-0.3, -0.25) is 4.79 Å². The number of nitrogen functional groups attached to an aromatic ring is 1. The smallest absolute Gasteiger partial charge is 0.161 e. The van der Waals surface area contributed by atoms with Gasteiger partial charge in [0.25, 0.3) is 0 Å². The van der Waals surface area contributed by atoms with Gasteiger partial charge in [0.2, 0.25) is 0 Å². The number of hydrogen-bond donors (Lipinski definition) is 1. The highest BCUT2D eigenvalue weighted by molar-refractivity contribution is 6.01. The van der Waals surface area contributed by atoms with Gasteiger partial charge >= 0.3 is 0 Å². The normalized spacial score (nSPS) is 10.4. The fraction of sp³-hybridized carbons (Fsp3) is 0.133. The summed E-state index contributed by atoms with van der Waals surface area (Å²) in [7, 11) is 0. The molecule has 2 nitrogen and oxygen atoms in total. The Kier molecular flexibility index (Phi) is 3.15. The standard InChI is InChI=1S/C15H14FNO/c1-9-7-12(8-14(10(2)18)15(9)17)11-3-5-13(16)6-4-11/h3-8H,17H2,1-2H3. The number of ketones is 1. The van der Waals surface area contributed by atoms with Gasteiger partial charge in [-0.05, 0) is 54.8 Å². The Balaban J connectivity index is 2.59. The van der Waals surface area contributed by atoms with Crippen LogP contribution in [0, 0.1) is 12.7 Å². The third-order valence-corrected chi connectivity index (χ3v) is 2.94. The molecular weight excluding hydrogens is 229 g/mol. The molecule has 0 aliphatic rings. The minimum absolute atomic E-state index is 0.0699. The number of carbonyl (C=O) groups is 1. The molecule has 3 heteroatoms. The maximum absolute atomic E-state index is 12.9. The third kappa shape index (κ3) is 2.25. The predicted molar refractivity (Wildman–Crippen MR) is 71.0 cm³/mol. The molecular formula is C15H14FNO. The maximum atomic E-state index is 12.9. The molecule has 2 N–H and O–H groups in total. The zero-order valence-corrected chi connectivity index (χ0v) is 10.3. The van der Waals surface area contributed by atoms with Gasteiger partial charge in [-0.15, -0.1) is 0 Å². The lowest BCUT2D eigenvalue weighted by Gasteiger charge is -2.10. The van der Waals surface area contributed by atoms with Gasteiger partial charge in [0.15, 0.2) is 5.78 Å². The van der Waals surface area contributed by atoms with Gasteiger partial charge < -0.3 is 5.73 Å². The minimum atomic E-state index is -0.280. The van der Waals surface area contributed by atoms with Crippen molar-refractivity contribution in [3.05, 3.63) is 53.3 Å². The van der Waals surface area contributed by atoms with Gasteiger partial charge in [0.05, 0.1) is 0 Å². The van der Waals surface area contributed by atoms with Gasteiger partial charge in [-0.1, -0.05) is 12.1 Å². The number of nitrogens with two attached hydrogens (primary N) is 1. The van der Waals surface area contributed by atoms with Crippen molar-refractivity contribution in [3.8, 4) is 11.1 Å². The lowest BCUT2D eigenvalue weighted by atomic mass is 9.97. The Morgan fingerprint density at radius 3 is 2.28 bits per heavy atom. The Bertz CT molecular complexity index is 603. The number of rotatable bonds is 2. The van der Waals surface area contributed by atoms with E-state index in [9.17, 15) is 9.18 Å². The van der Waals surface area contributed by atoms with Crippen LogP contribution >= 0.6 is 0 Å². The number of anilines is 1. The predicted octanol–water partition coefficient (Wildman–Crippen LogP) is 3.59. The van der Waals surface area contributed by atoms with E-state index in [1.165, 1.54) is 19.1 Å². The zero-order valence-electron chi connectivity index (χ0n) is 10.3. The van der Waals surface area contributed by atoms with Crippen molar-refractivity contribution in [1.29, 1.82) is 0 Å². The van der Waals surface area contributed by atoms with Crippen LogP contribution in [0.25, 0.3) is 11.1 Å². The van der Waals surface area contributed by atoms with E-state index in [0.717, 1.165) is 16.7 Å². The van der Waals surface area contributed by atoms with Gasteiger partial charge in [0.1, 0.15) is 5.82 Å². The van der Waals surface area contributed by atoms with Gasteiger partial charge in [-0.2, -0.15) is 0 Å². The molecule has 0 spiro atoms. The Morgan fingerprint density at radius 1 is 1.11 bits per heavy atom. The van der Waals surface area contributed by atoms with Crippen LogP contribution in [0.1, 0.15) is 22.8 Å². The average Bonchev–Trinajstić information content (AvgIpc) is 2.33. The summed E-state index contributed by atoms with van der Waals surface area (Å²) in [5.41, 5.74) is 9.47. The second-order valence-corrected chi connectivity index (χ2v) is 4.32. The van der Waals surface area contributed by atoms with Crippen LogP contribution < -0.4 is 5.73 Å². The van der Waals surface area contributed by atoms with Crippen LogP contribution in [0.2, 0.25) is 0 Å². The van der Waals surface area contributed by atoms with Crippen molar-refractivity contribution in [2.75, 3.05) is 5.73 Å². The van der Waals surface area contributed by atoms with E-state index in [0.29, 0.717) is 11.3 Å². The topological polar surface area (TPSA) is 43.1 Å². The average molecular weight is 243 g/mol. The van der Waals surface area contributed by atoms with Crippen molar-refractivity contribution in [2.24, 2.45) is 0 Å². The number of aryl methyl sites for hydroxylation is 1. The summed E-state index contributed by atoms with van der Waals surface area (Å²) in [5, 5.41) is 0. The number of carbonyl (C=O) groups excluding carboxylic acids is 1. The molecule has 0 amide bonds. The van der Waals surface area contributed by atoms with Crippen molar-refractivity contribution < 1.29 is 9.18 Å². The molecule has 0 aliphatic carbocycles.